The first-order valence-corrected chi connectivity index (χ1v) is 4.77. The SMILES string of the molecule is CC.CC(C)=Nc1ccccc1C. The third-order valence-corrected chi connectivity index (χ3v) is 1.46. The number of hydrogen-bond donors (Lipinski definition) is 0. The van der Waals surface area contributed by atoms with Crippen molar-refractivity contribution in [2.45, 2.75) is 34.6 Å². The van der Waals surface area contributed by atoms with Crippen molar-refractivity contribution in [3.05, 3.63) is 29.8 Å². The minimum Gasteiger partial charge on any atom is -0.258 e. The summed E-state index contributed by atoms with van der Waals surface area (Å²) in [5.41, 5.74) is 3.40. The molecular weight excluding hydrogens is 158 g/mol. The molecule has 0 N–H and O–H groups in total. The van der Waals surface area contributed by atoms with Crippen molar-refractivity contribution in [1.82, 2.24) is 0 Å². The van der Waals surface area contributed by atoms with Crippen LogP contribution in [0.4, 0.5) is 5.69 Å². The van der Waals surface area contributed by atoms with Crippen molar-refractivity contribution < 1.29 is 0 Å². The van der Waals surface area contributed by atoms with Crippen molar-refractivity contribution in [1.29, 1.82) is 0 Å². The molecule has 0 aliphatic heterocycles. The normalized spacial score (nSPS) is 8.38. The second kappa shape index (κ2) is 6.41. The smallest absolute Gasteiger partial charge is 0.0657 e. The van der Waals surface area contributed by atoms with Gasteiger partial charge < -0.3 is 0 Å². The quantitative estimate of drug-likeness (QED) is 0.572. The predicted octanol–water partition coefficient (Wildman–Crippen LogP) is 4.13. The Labute approximate surface area is 81.5 Å². The van der Waals surface area contributed by atoms with Gasteiger partial charge in [0.1, 0.15) is 0 Å². The summed E-state index contributed by atoms with van der Waals surface area (Å²) in [4.78, 5) is 4.38. The zero-order valence-corrected chi connectivity index (χ0v) is 9.26. The van der Waals surface area contributed by atoms with Crippen LogP contribution in [0.25, 0.3) is 0 Å². The van der Waals surface area contributed by atoms with Crippen LogP contribution >= 0.6 is 0 Å². The van der Waals surface area contributed by atoms with E-state index in [0.29, 0.717) is 0 Å². The highest BCUT2D eigenvalue weighted by atomic mass is 14.7. The lowest BCUT2D eigenvalue weighted by atomic mass is 10.2. The first-order valence-electron chi connectivity index (χ1n) is 4.77. The zero-order valence-electron chi connectivity index (χ0n) is 9.26. The van der Waals surface area contributed by atoms with Gasteiger partial charge in [-0.3, -0.25) is 4.99 Å². The van der Waals surface area contributed by atoms with Crippen molar-refractivity contribution in [3.8, 4) is 0 Å². The van der Waals surface area contributed by atoms with E-state index in [1.807, 2.05) is 45.9 Å². The number of hydrogen-bond acceptors (Lipinski definition) is 1. The Morgan fingerprint density at radius 3 is 2.08 bits per heavy atom. The van der Waals surface area contributed by atoms with Crippen LogP contribution in [0, 0.1) is 6.92 Å². The largest absolute Gasteiger partial charge is 0.258 e. The molecule has 0 radical (unpaired) electrons. The molecule has 72 valence electrons. The lowest BCUT2D eigenvalue weighted by molar-refractivity contribution is 1.38. The van der Waals surface area contributed by atoms with Gasteiger partial charge in [0, 0.05) is 5.71 Å². The summed E-state index contributed by atoms with van der Waals surface area (Å²) in [6.07, 6.45) is 0. The Bertz CT molecular complexity index is 270. The van der Waals surface area contributed by atoms with E-state index in [0.717, 1.165) is 11.4 Å². The van der Waals surface area contributed by atoms with Crippen LogP contribution < -0.4 is 0 Å². The molecule has 1 heteroatoms. The third-order valence-electron chi connectivity index (χ3n) is 1.46. The number of aryl methyl sites for hydroxylation is 1. The fraction of sp³-hybridized carbons (Fsp3) is 0.417. The van der Waals surface area contributed by atoms with Gasteiger partial charge in [0.05, 0.1) is 5.69 Å². The average Bonchev–Trinajstić information content (AvgIpc) is 2.12. The molecule has 0 aliphatic carbocycles. The lowest BCUT2D eigenvalue weighted by Crippen LogP contribution is -1.80. The molecule has 0 amide bonds. The van der Waals surface area contributed by atoms with E-state index in [1.165, 1.54) is 5.56 Å². The van der Waals surface area contributed by atoms with E-state index in [4.69, 9.17) is 0 Å². The fourth-order valence-electron chi connectivity index (χ4n) is 0.930. The van der Waals surface area contributed by atoms with Crippen LogP contribution in [-0.4, -0.2) is 5.71 Å². The summed E-state index contributed by atoms with van der Waals surface area (Å²) in [6, 6.07) is 8.14. The molecule has 1 nitrogen and oxygen atoms in total. The van der Waals surface area contributed by atoms with Crippen LogP contribution in [0.2, 0.25) is 0 Å². The second-order valence-electron chi connectivity index (χ2n) is 2.85. The van der Waals surface area contributed by atoms with Gasteiger partial charge in [-0.05, 0) is 32.4 Å². The molecule has 0 fully saturated rings. The van der Waals surface area contributed by atoms with E-state index in [-0.39, 0.29) is 0 Å². The molecular formula is C12H19N. The van der Waals surface area contributed by atoms with Crippen molar-refractivity contribution >= 4 is 11.4 Å². The Hall–Kier alpha value is -1.11. The molecule has 1 rings (SSSR count). The van der Waals surface area contributed by atoms with Crippen molar-refractivity contribution in [2.24, 2.45) is 4.99 Å². The second-order valence-corrected chi connectivity index (χ2v) is 2.85. The summed E-state index contributed by atoms with van der Waals surface area (Å²) >= 11 is 0. The van der Waals surface area contributed by atoms with Gasteiger partial charge in [-0.25, -0.2) is 0 Å². The molecule has 1 aromatic rings. The maximum atomic E-state index is 4.38. The lowest BCUT2D eigenvalue weighted by Gasteiger charge is -1.98. The summed E-state index contributed by atoms with van der Waals surface area (Å²) in [6.45, 7) is 10.1. The Balaban J connectivity index is 0.000000671. The van der Waals surface area contributed by atoms with Gasteiger partial charge in [0.25, 0.3) is 0 Å². The Kier molecular flexibility index (Phi) is 5.86. The fourth-order valence-corrected chi connectivity index (χ4v) is 0.930. The zero-order chi connectivity index (χ0) is 10.3. The number of para-hydroxylation sites is 1. The molecule has 0 aromatic heterocycles. The highest BCUT2D eigenvalue weighted by Gasteiger charge is 1.91. The average molecular weight is 177 g/mol. The number of nitrogens with zero attached hydrogens (tertiary/aromatic N) is 1. The molecule has 0 aliphatic rings. The maximum absolute atomic E-state index is 4.38. The third kappa shape index (κ3) is 4.46. The monoisotopic (exact) mass is 177 g/mol. The molecule has 0 bridgehead atoms. The van der Waals surface area contributed by atoms with Crippen molar-refractivity contribution in [3.63, 3.8) is 0 Å². The first-order chi connectivity index (χ1) is 6.20. The van der Waals surface area contributed by atoms with Crippen LogP contribution in [0.5, 0.6) is 0 Å². The van der Waals surface area contributed by atoms with E-state index >= 15 is 0 Å². The molecule has 0 saturated carbocycles. The minimum atomic E-state index is 1.08. The molecule has 1 aromatic carbocycles. The van der Waals surface area contributed by atoms with Crippen LogP contribution in [0.3, 0.4) is 0 Å². The topological polar surface area (TPSA) is 12.4 Å². The summed E-state index contributed by atoms with van der Waals surface area (Å²) < 4.78 is 0. The summed E-state index contributed by atoms with van der Waals surface area (Å²) in [5, 5.41) is 0. The Morgan fingerprint density at radius 2 is 1.62 bits per heavy atom. The van der Waals surface area contributed by atoms with Gasteiger partial charge in [0.2, 0.25) is 0 Å². The van der Waals surface area contributed by atoms with E-state index < -0.39 is 0 Å². The van der Waals surface area contributed by atoms with Crippen LogP contribution in [0.15, 0.2) is 29.3 Å². The number of aliphatic imine (C=N–C) groups is 1. The van der Waals surface area contributed by atoms with Crippen molar-refractivity contribution in [2.75, 3.05) is 0 Å². The molecule has 0 unspecified atom stereocenters. The molecule has 13 heavy (non-hydrogen) atoms. The van der Waals surface area contributed by atoms with E-state index in [9.17, 15) is 0 Å². The highest BCUT2D eigenvalue weighted by molar-refractivity contribution is 5.82. The van der Waals surface area contributed by atoms with E-state index in [2.05, 4.69) is 18.0 Å². The molecule has 0 heterocycles. The predicted molar refractivity (Wildman–Crippen MR) is 61.0 cm³/mol. The Morgan fingerprint density at radius 1 is 1.08 bits per heavy atom. The molecule has 0 spiro atoms. The maximum Gasteiger partial charge on any atom is 0.0657 e. The highest BCUT2D eigenvalue weighted by Crippen LogP contribution is 2.16. The van der Waals surface area contributed by atoms with Gasteiger partial charge in [0.15, 0.2) is 0 Å². The standard InChI is InChI=1S/C10H13N.C2H6/c1-8(2)11-10-7-5-4-6-9(10)3;1-2/h4-7H,1-3H3;1-2H3. The van der Waals surface area contributed by atoms with E-state index in [1.54, 1.807) is 0 Å². The van der Waals surface area contributed by atoms with Gasteiger partial charge in [-0.15, -0.1) is 0 Å². The van der Waals surface area contributed by atoms with Gasteiger partial charge in [-0.1, -0.05) is 32.0 Å². The summed E-state index contributed by atoms with van der Waals surface area (Å²) in [7, 11) is 0. The molecule has 0 saturated heterocycles. The van der Waals surface area contributed by atoms with Gasteiger partial charge in [-0.2, -0.15) is 0 Å². The molecule has 0 atom stereocenters. The minimum absolute atomic E-state index is 1.08. The number of rotatable bonds is 1. The van der Waals surface area contributed by atoms with Crippen LogP contribution in [0.1, 0.15) is 33.3 Å². The number of benzene rings is 1. The van der Waals surface area contributed by atoms with Crippen LogP contribution in [-0.2, 0) is 0 Å². The first kappa shape index (κ1) is 11.9. The summed E-state index contributed by atoms with van der Waals surface area (Å²) in [5.74, 6) is 0. The van der Waals surface area contributed by atoms with Gasteiger partial charge >= 0.3 is 0 Å².